The van der Waals surface area contributed by atoms with Gasteiger partial charge in [0.15, 0.2) is 22.6 Å². The molecule has 0 radical (unpaired) electrons. The quantitative estimate of drug-likeness (QED) is 0.676. The standard InChI is InChI=1S/C15H7NO4S/c17-12-7-3-1-2-4-8(7)13(18)11-9(12)5-6-10-14(11)21(20)16-15(10)19/h1-6H,(H,16,19). The lowest BCUT2D eigenvalue weighted by Gasteiger charge is -2.18. The summed E-state index contributed by atoms with van der Waals surface area (Å²) in [6.45, 7) is 0. The van der Waals surface area contributed by atoms with Gasteiger partial charge >= 0.3 is 0 Å². The SMILES string of the molecule is O=C1c2ccccc2C(=O)c2c1ccc1c2S(=O)NC1=O. The number of fused-ring (bicyclic) bond motifs is 4. The summed E-state index contributed by atoms with van der Waals surface area (Å²) >= 11 is 0. The normalized spacial score (nSPS) is 18.9. The minimum atomic E-state index is -1.80. The van der Waals surface area contributed by atoms with Gasteiger partial charge < -0.3 is 0 Å². The second-order valence-corrected chi connectivity index (χ2v) is 5.92. The summed E-state index contributed by atoms with van der Waals surface area (Å²) in [5.74, 6) is -1.16. The molecular formula is C15H7NO4S. The molecule has 0 bridgehead atoms. The molecule has 0 spiro atoms. The van der Waals surface area contributed by atoms with Crippen LogP contribution >= 0.6 is 0 Å². The summed E-state index contributed by atoms with van der Waals surface area (Å²) in [5.41, 5.74) is 1.07. The van der Waals surface area contributed by atoms with E-state index in [2.05, 4.69) is 4.72 Å². The first kappa shape index (κ1) is 12.2. The molecule has 5 nitrogen and oxygen atoms in total. The van der Waals surface area contributed by atoms with Gasteiger partial charge in [0.2, 0.25) is 0 Å². The van der Waals surface area contributed by atoms with E-state index in [1.165, 1.54) is 12.1 Å². The fraction of sp³-hybridized carbons (Fsp3) is 0. The largest absolute Gasteiger partial charge is 0.289 e. The van der Waals surface area contributed by atoms with E-state index in [-0.39, 0.29) is 38.7 Å². The van der Waals surface area contributed by atoms with E-state index in [0.717, 1.165) is 0 Å². The first-order valence-electron chi connectivity index (χ1n) is 6.18. The Morgan fingerprint density at radius 3 is 2.10 bits per heavy atom. The topological polar surface area (TPSA) is 80.3 Å². The van der Waals surface area contributed by atoms with Crippen molar-refractivity contribution in [3.63, 3.8) is 0 Å². The van der Waals surface area contributed by atoms with Gasteiger partial charge in [0.05, 0.1) is 16.0 Å². The van der Waals surface area contributed by atoms with Gasteiger partial charge in [-0.3, -0.25) is 19.1 Å². The lowest BCUT2D eigenvalue weighted by molar-refractivity contribution is 0.0972. The lowest BCUT2D eigenvalue weighted by Crippen LogP contribution is -2.23. The van der Waals surface area contributed by atoms with Gasteiger partial charge in [-0.1, -0.05) is 24.3 Å². The molecule has 2 aromatic carbocycles. The molecule has 6 heteroatoms. The van der Waals surface area contributed by atoms with Crippen LogP contribution in [0.4, 0.5) is 0 Å². The first-order chi connectivity index (χ1) is 10.1. The average molecular weight is 297 g/mol. The molecule has 0 fully saturated rings. The fourth-order valence-electron chi connectivity index (χ4n) is 2.72. The van der Waals surface area contributed by atoms with Gasteiger partial charge in [0.1, 0.15) is 0 Å². The number of amides is 1. The summed E-state index contributed by atoms with van der Waals surface area (Å²) in [6, 6.07) is 9.39. The van der Waals surface area contributed by atoms with Gasteiger partial charge in [0.25, 0.3) is 5.91 Å². The first-order valence-corrected chi connectivity index (χ1v) is 7.33. The van der Waals surface area contributed by atoms with E-state index in [1.54, 1.807) is 24.3 Å². The molecule has 1 aliphatic heterocycles. The number of ketones is 2. The molecule has 1 N–H and O–H groups in total. The van der Waals surface area contributed by atoms with Crippen molar-refractivity contribution in [3.8, 4) is 0 Å². The van der Waals surface area contributed by atoms with E-state index in [4.69, 9.17) is 0 Å². The third-order valence-electron chi connectivity index (χ3n) is 3.66. The van der Waals surface area contributed by atoms with Crippen molar-refractivity contribution in [1.82, 2.24) is 4.72 Å². The Labute approximate surface area is 121 Å². The minimum absolute atomic E-state index is 0.0767. The van der Waals surface area contributed by atoms with Crippen molar-refractivity contribution in [2.75, 3.05) is 0 Å². The molecule has 1 heterocycles. The van der Waals surface area contributed by atoms with Crippen LogP contribution in [0, 0.1) is 0 Å². The van der Waals surface area contributed by atoms with Gasteiger partial charge in [-0.25, -0.2) is 4.21 Å². The molecule has 0 saturated carbocycles. The number of carbonyl (C=O) groups is 3. The van der Waals surface area contributed by atoms with E-state index >= 15 is 0 Å². The summed E-state index contributed by atoms with van der Waals surface area (Å²) in [4.78, 5) is 36.9. The Morgan fingerprint density at radius 2 is 1.38 bits per heavy atom. The van der Waals surface area contributed by atoms with Gasteiger partial charge in [-0.05, 0) is 12.1 Å². The van der Waals surface area contributed by atoms with Crippen LogP contribution in [-0.4, -0.2) is 21.7 Å². The highest BCUT2D eigenvalue weighted by Gasteiger charge is 2.38. The lowest BCUT2D eigenvalue weighted by atomic mass is 9.83. The van der Waals surface area contributed by atoms with Crippen molar-refractivity contribution >= 4 is 28.5 Å². The van der Waals surface area contributed by atoms with Crippen molar-refractivity contribution in [2.24, 2.45) is 0 Å². The molecule has 21 heavy (non-hydrogen) atoms. The van der Waals surface area contributed by atoms with Crippen LogP contribution in [0.25, 0.3) is 0 Å². The van der Waals surface area contributed by atoms with E-state index in [1.807, 2.05) is 0 Å². The highest BCUT2D eigenvalue weighted by Crippen LogP contribution is 2.34. The number of benzene rings is 2. The Kier molecular flexibility index (Phi) is 2.29. The third-order valence-corrected chi connectivity index (χ3v) is 4.83. The summed E-state index contributed by atoms with van der Waals surface area (Å²) in [6.07, 6.45) is 0. The van der Waals surface area contributed by atoms with Crippen LogP contribution in [0.5, 0.6) is 0 Å². The Morgan fingerprint density at radius 1 is 0.762 bits per heavy atom. The maximum atomic E-state index is 12.6. The van der Waals surface area contributed by atoms with Crippen molar-refractivity contribution < 1.29 is 18.6 Å². The zero-order chi connectivity index (χ0) is 14.7. The average Bonchev–Trinajstić information content (AvgIpc) is 2.79. The molecular weight excluding hydrogens is 290 g/mol. The number of rotatable bonds is 0. The monoisotopic (exact) mass is 297 g/mol. The van der Waals surface area contributed by atoms with Crippen molar-refractivity contribution in [2.45, 2.75) is 4.90 Å². The molecule has 2 aliphatic rings. The Balaban J connectivity index is 2.10. The van der Waals surface area contributed by atoms with Crippen LogP contribution in [0.3, 0.4) is 0 Å². The molecule has 102 valence electrons. The fourth-order valence-corrected chi connectivity index (χ4v) is 3.85. The maximum absolute atomic E-state index is 12.6. The Hall–Kier alpha value is -2.60. The zero-order valence-corrected chi connectivity index (χ0v) is 11.3. The van der Waals surface area contributed by atoms with Crippen LogP contribution < -0.4 is 4.72 Å². The third kappa shape index (κ3) is 1.45. The molecule has 4 rings (SSSR count). The van der Waals surface area contributed by atoms with Gasteiger partial charge in [-0.2, -0.15) is 0 Å². The number of nitrogens with one attached hydrogen (secondary N) is 1. The second-order valence-electron chi connectivity index (χ2n) is 4.77. The smallest absolute Gasteiger partial charge is 0.264 e. The molecule has 1 atom stereocenters. The van der Waals surface area contributed by atoms with E-state index < -0.39 is 16.9 Å². The maximum Gasteiger partial charge on any atom is 0.264 e. The van der Waals surface area contributed by atoms with Crippen LogP contribution in [-0.2, 0) is 11.0 Å². The molecule has 2 aromatic rings. The molecule has 1 aliphatic carbocycles. The number of hydrogen-bond acceptors (Lipinski definition) is 4. The van der Waals surface area contributed by atoms with Gasteiger partial charge in [-0.15, -0.1) is 0 Å². The van der Waals surface area contributed by atoms with E-state index in [0.29, 0.717) is 5.56 Å². The Bertz CT molecular complexity index is 901. The second kappa shape index (κ2) is 3.95. The molecule has 0 aromatic heterocycles. The highest BCUT2D eigenvalue weighted by atomic mass is 32.2. The highest BCUT2D eigenvalue weighted by molar-refractivity contribution is 7.84. The van der Waals surface area contributed by atoms with Crippen molar-refractivity contribution in [3.05, 3.63) is 64.2 Å². The van der Waals surface area contributed by atoms with Crippen LogP contribution in [0.15, 0.2) is 41.3 Å². The van der Waals surface area contributed by atoms with Gasteiger partial charge in [0, 0.05) is 16.7 Å². The molecule has 0 saturated heterocycles. The number of hydrogen-bond donors (Lipinski definition) is 1. The predicted molar refractivity (Wildman–Crippen MR) is 73.6 cm³/mol. The summed E-state index contributed by atoms with van der Waals surface area (Å²) < 4.78 is 14.3. The molecule has 1 amide bonds. The van der Waals surface area contributed by atoms with Crippen molar-refractivity contribution in [1.29, 1.82) is 0 Å². The summed E-state index contributed by atoms with van der Waals surface area (Å²) in [7, 11) is -1.80. The predicted octanol–water partition coefficient (Wildman–Crippen LogP) is 1.23. The number of carbonyl (C=O) groups excluding carboxylic acids is 3. The van der Waals surface area contributed by atoms with E-state index in [9.17, 15) is 18.6 Å². The molecule has 1 unspecified atom stereocenters. The summed E-state index contributed by atoms with van der Waals surface area (Å²) in [5, 5.41) is 0. The zero-order valence-electron chi connectivity index (χ0n) is 10.5. The van der Waals surface area contributed by atoms with Crippen LogP contribution in [0.2, 0.25) is 0 Å². The van der Waals surface area contributed by atoms with Crippen LogP contribution in [0.1, 0.15) is 42.2 Å². The minimum Gasteiger partial charge on any atom is -0.289 e.